The Morgan fingerprint density at radius 3 is 2.33 bits per heavy atom. The summed E-state index contributed by atoms with van der Waals surface area (Å²) in [5.74, 6) is -0.209. The van der Waals surface area contributed by atoms with Gasteiger partial charge in [-0.25, -0.2) is 0 Å². The lowest BCUT2D eigenvalue weighted by Crippen LogP contribution is -2.55. The Bertz CT molecular complexity index is 275. The SMILES string of the molecule is CCCCC(=O)NC(C)(C)C(=O)NCCN(C)C. The molecule has 0 aromatic carbocycles. The summed E-state index contributed by atoms with van der Waals surface area (Å²) in [6, 6.07) is 0. The monoisotopic (exact) mass is 257 g/mol. The van der Waals surface area contributed by atoms with Crippen molar-refractivity contribution < 1.29 is 9.59 Å². The normalized spacial score (nSPS) is 11.4. The minimum absolute atomic E-state index is 0.0652. The van der Waals surface area contributed by atoms with Crippen LogP contribution in [-0.2, 0) is 9.59 Å². The van der Waals surface area contributed by atoms with E-state index in [-0.39, 0.29) is 11.8 Å². The van der Waals surface area contributed by atoms with Gasteiger partial charge < -0.3 is 15.5 Å². The lowest BCUT2D eigenvalue weighted by Gasteiger charge is -2.25. The first-order valence-electron chi connectivity index (χ1n) is 6.53. The number of amides is 2. The fourth-order valence-electron chi connectivity index (χ4n) is 1.42. The van der Waals surface area contributed by atoms with Crippen LogP contribution < -0.4 is 10.6 Å². The van der Waals surface area contributed by atoms with Crippen molar-refractivity contribution in [3.05, 3.63) is 0 Å². The van der Waals surface area contributed by atoms with Gasteiger partial charge in [0.15, 0.2) is 0 Å². The topological polar surface area (TPSA) is 61.4 Å². The number of rotatable bonds is 8. The van der Waals surface area contributed by atoms with E-state index >= 15 is 0 Å². The van der Waals surface area contributed by atoms with Gasteiger partial charge in [0.1, 0.15) is 5.54 Å². The van der Waals surface area contributed by atoms with Gasteiger partial charge in [-0.05, 0) is 34.4 Å². The number of nitrogens with one attached hydrogen (secondary N) is 2. The standard InChI is InChI=1S/C13H27N3O2/c1-6-7-8-11(17)15-13(2,3)12(18)14-9-10-16(4)5/h6-10H2,1-5H3,(H,14,18)(H,15,17). The molecule has 0 aliphatic rings. The first-order chi connectivity index (χ1) is 8.29. The minimum atomic E-state index is -0.850. The predicted molar refractivity (Wildman–Crippen MR) is 73.3 cm³/mol. The van der Waals surface area contributed by atoms with Gasteiger partial charge in [-0.2, -0.15) is 0 Å². The summed E-state index contributed by atoms with van der Waals surface area (Å²) in [5, 5.41) is 5.58. The summed E-state index contributed by atoms with van der Waals surface area (Å²) in [4.78, 5) is 25.5. The van der Waals surface area contributed by atoms with E-state index in [1.807, 2.05) is 25.9 Å². The van der Waals surface area contributed by atoms with Crippen molar-refractivity contribution in [1.82, 2.24) is 15.5 Å². The Morgan fingerprint density at radius 2 is 1.83 bits per heavy atom. The highest BCUT2D eigenvalue weighted by atomic mass is 16.2. The summed E-state index contributed by atoms with van der Waals surface area (Å²) in [7, 11) is 3.90. The molecule has 0 fully saturated rings. The van der Waals surface area contributed by atoms with Crippen molar-refractivity contribution in [2.45, 2.75) is 45.6 Å². The Morgan fingerprint density at radius 1 is 1.22 bits per heavy atom. The molecule has 0 saturated heterocycles. The maximum atomic E-state index is 11.9. The van der Waals surface area contributed by atoms with E-state index in [0.29, 0.717) is 13.0 Å². The van der Waals surface area contributed by atoms with E-state index in [1.54, 1.807) is 13.8 Å². The van der Waals surface area contributed by atoms with E-state index in [1.165, 1.54) is 0 Å². The lowest BCUT2D eigenvalue weighted by molar-refractivity contribution is -0.132. The molecule has 0 spiro atoms. The number of unbranched alkanes of at least 4 members (excludes halogenated alkanes) is 1. The first-order valence-corrected chi connectivity index (χ1v) is 6.53. The molecule has 0 unspecified atom stereocenters. The fraction of sp³-hybridized carbons (Fsp3) is 0.846. The average Bonchev–Trinajstić information content (AvgIpc) is 2.25. The molecule has 0 aliphatic heterocycles. The van der Waals surface area contributed by atoms with Crippen LogP contribution in [0, 0.1) is 0 Å². The minimum Gasteiger partial charge on any atom is -0.353 e. The molecule has 18 heavy (non-hydrogen) atoms. The zero-order valence-electron chi connectivity index (χ0n) is 12.3. The van der Waals surface area contributed by atoms with Crippen LogP contribution in [-0.4, -0.2) is 49.4 Å². The molecule has 0 rings (SSSR count). The van der Waals surface area contributed by atoms with Crippen molar-refractivity contribution in [2.24, 2.45) is 0 Å². The van der Waals surface area contributed by atoms with Crippen LogP contribution in [0.2, 0.25) is 0 Å². The molecule has 0 heterocycles. The summed E-state index contributed by atoms with van der Waals surface area (Å²) >= 11 is 0. The van der Waals surface area contributed by atoms with Crippen LogP contribution in [0.4, 0.5) is 0 Å². The summed E-state index contributed by atoms with van der Waals surface area (Å²) in [5.41, 5.74) is -0.850. The zero-order chi connectivity index (χ0) is 14.2. The average molecular weight is 257 g/mol. The largest absolute Gasteiger partial charge is 0.353 e. The molecule has 5 nitrogen and oxygen atoms in total. The Hall–Kier alpha value is -1.10. The van der Waals surface area contributed by atoms with E-state index in [0.717, 1.165) is 19.4 Å². The number of carbonyl (C=O) groups is 2. The summed E-state index contributed by atoms with van der Waals surface area (Å²) < 4.78 is 0. The van der Waals surface area contributed by atoms with Gasteiger partial charge in [-0.1, -0.05) is 13.3 Å². The summed E-state index contributed by atoms with van der Waals surface area (Å²) in [6.07, 6.45) is 2.30. The van der Waals surface area contributed by atoms with Crippen LogP contribution in [0.15, 0.2) is 0 Å². The van der Waals surface area contributed by atoms with Crippen molar-refractivity contribution in [3.8, 4) is 0 Å². The van der Waals surface area contributed by atoms with E-state index in [9.17, 15) is 9.59 Å². The molecular weight excluding hydrogens is 230 g/mol. The second-order valence-corrected chi connectivity index (χ2v) is 5.34. The molecule has 0 radical (unpaired) electrons. The molecular formula is C13H27N3O2. The highest BCUT2D eigenvalue weighted by molar-refractivity contribution is 5.90. The van der Waals surface area contributed by atoms with Gasteiger partial charge in [-0.15, -0.1) is 0 Å². The maximum Gasteiger partial charge on any atom is 0.245 e. The Labute approximate surface area is 110 Å². The Balaban J connectivity index is 4.09. The quantitative estimate of drug-likeness (QED) is 0.674. The second kappa shape index (κ2) is 8.08. The molecule has 0 bridgehead atoms. The van der Waals surface area contributed by atoms with Crippen molar-refractivity contribution in [3.63, 3.8) is 0 Å². The van der Waals surface area contributed by atoms with Crippen molar-refractivity contribution in [1.29, 1.82) is 0 Å². The molecule has 5 heteroatoms. The van der Waals surface area contributed by atoms with E-state index < -0.39 is 5.54 Å². The van der Waals surface area contributed by atoms with Crippen molar-refractivity contribution >= 4 is 11.8 Å². The number of hydrogen-bond donors (Lipinski definition) is 2. The van der Waals surface area contributed by atoms with Gasteiger partial charge in [0.05, 0.1) is 0 Å². The highest BCUT2D eigenvalue weighted by Crippen LogP contribution is 2.04. The number of hydrogen-bond acceptors (Lipinski definition) is 3. The first kappa shape index (κ1) is 16.9. The fourth-order valence-corrected chi connectivity index (χ4v) is 1.42. The number of nitrogens with zero attached hydrogens (tertiary/aromatic N) is 1. The van der Waals surface area contributed by atoms with Crippen LogP contribution in [0.25, 0.3) is 0 Å². The van der Waals surface area contributed by atoms with Crippen LogP contribution in [0.1, 0.15) is 40.0 Å². The molecule has 2 N–H and O–H groups in total. The smallest absolute Gasteiger partial charge is 0.245 e. The highest BCUT2D eigenvalue weighted by Gasteiger charge is 2.28. The molecule has 2 amide bonds. The molecule has 0 aromatic heterocycles. The molecule has 106 valence electrons. The van der Waals surface area contributed by atoms with E-state index in [2.05, 4.69) is 10.6 Å². The molecule has 0 saturated carbocycles. The van der Waals surface area contributed by atoms with Gasteiger partial charge >= 0.3 is 0 Å². The van der Waals surface area contributed by atoms with Crippen LogP contribution >= 0.6 is 0 Å². The molecule has 0 atom stereocenters. The summed E-state index contributed by atoms with van der Waals surface area (Å²) in [6.45, 7) is 6.85. The second-order valence-electron chi connectivity index (χ2n) is 5.34. The number of carbonyl (C=O) groups excluding carboxylic acids is 2. The molecule has 0 aromatic rings. The molecule has 0 aliphatic carbocycles. The zero-order valence-corrected chi connectivity index (χ0v) is 12.3. The van der Waals surface area contributed by atoms with Crippen LogP contribution in [0.5, 0.6) is 0 Å². The maximum absolute atomic E-state index is 11.9. The van der Waals surface area contributed by atoms with Gasteiger partial charge in [0.2, 0.25) is 11.8 Å². The van der Waals surface area contributed by atoms with Crippen molar-refractivity contribution in [2.75, 3.05) is 27.2 Å². The van der Waals surface area contributed by atoms with E-state index in [4.69, 9.17) is 0 Å². The van der Waals surface area contributed by atoms with Crippen LogP contribution in [0.3, 0.4) is 0 Å². The third kappa shape index (κ3) is 7.27. The predicted octanol–water partition coefficient (Wildman–Crippen LogP) is 0.749. The van der Waals surface area contributed by atoms with Gasteiger partial charge in [0, 0.05) is 19.5 Å². The third-order valence-electron chi connectivity index (χ3n) is 2.62. The number of likely N-dealkylation sites (N-methyl/N-ethyl adjacent to an activating group) is 1. The van der Waals surface area contributed by atoms with Gasteiger partial charge in [0.25, 0.3) is 0 Å². The van der Waals surface area contributed by atoms with Gasteiger partial charge in [-0.3, -0.25) is 9.59 Å². The Kier molecular flexibility index (Phi) is 7.59. The third-order valence-corrected chi connectivity index (χ3v) is 2.62. The lowest BCUT2D eigenvalue weighted by atomic mass is 10.0.